The van der Waals surface area contributed by atoms with Gasteiger partial charge in [-0.05, 0) is 49.6 Å². The van der Waals surface area contributed by atoms with Crippen LogP contribution in [0, 0.1) is 12.8 Å². The fraction of sp³-hybridized carbons (Fsp3) is 0.250. The SMILES string of the molecule is CCOc1ccc2c(c1)CC(C(=O)Nc1sc(C)c(-c3ccccc3)c1C(N)=O)CO2. The Morgan fingerprint density at radius 1 is 1.23 bits per heavy atom. The third-order valence-corrected chi connectivity index (χ3v) is 6.27. The molecule has 6 nitrogen and oxygen atoms in total. The van der Waals surface area contributed by atoms with Crippen LogP contribution in [0.4, 0.5) is 5.00 Å². The summed E-state index contributed by atoms with van der Waals surface area (Å²) in [7, 11) is 0. The molecule has 0 saturated heterocycles. The topological polar surface area (TPSA) is 90.6 Å². The van der Waals surface area contributed by atoms with E-state index in [-0.39, 0.29) is 18.4 Å². The molecule has 1 aliphatic rings. The molecular formula is C24H24N2O4S. The van der Waals surface area contributed by atoms with Gasteiger partial charge in [0.2, 0.25) is 5.91 Å². The van der Waals surface area contributed by atoms with Crippen LogP contribution in [-0.2, 0) is 11.2 Å². The summed E-state index contributed by atoms with van der Waals surface area (Å²) >= 11 is 1.36. The van der Waals surface area contributed by atoms with Crippen molar-refractivity contribution in [2.75, 3.05) is 18.5 Å². The number of benzene rings is 2. The Morgan fingerprint density at radius 2 is 2.00 bits per heavy atom. The molecule has 0 radical (unpaired) electrons. The Labute approximate surface area is 185 Å². The van der Waals surface area contributed by atoms with Crippen molar-refractivity contribution >= 4 is 28.2 Å². The highest BCUT2D eigenvalue weighted by molar-refractivity contribution is 7.17. The van der Waals surface area contributed by atoms with E-state index in [1.165, 1.54) is 11.3 Å². The maximum absolute atomic E-state index is 13.1. The molecule has 4 rings (SSSR count). The number of carbonyl (C=O) groups excluding carboxylic acids is 2. The minimum Gasteiger partial charge on any atom is -0.494 e. The Morgan fingerprint density at radius 3 is 2.71 bits per heavy atom. The van der Waals surface area contributed by atoms with Crippen LogP contribution in [0.2, 0.25) is 0 Å². The summed E-state index contributed by atoms with van der Waals surface area (Å²) in [5, 5.41) is 3.41. The van der Waals surface area contributed by atoms with Gasteiger partial charge in [0.05, 0.1) is 18.1 Å². The largest absolute Gasteiger partial charge is 0.494 e. The Hall–Kier alpha value is -3.32. The van der Waals surface area contributed by atoms with Crippen LogP contribution in [0.5, 0.6) is 11.5 Å². The van der Waals surface area contributed by atoms with Crippen LogP contribution in [-0.4, -0.2) is 25.0 Å². The minimum atomic E-state index is -0.565. The number of fused-ring (bicyclic) bond motifs is 1. The average molecular weight is 437 g/mol. The molecule has 0 bridgehead atoms. The molecule has 31 heavy (non-hydrogen) atoms. The normalized spacial score (nSPS) is 15.0. The predicted octanol–water partition coefficient (Wildman–Crippen LogP) is 4.41. The molecular weight excluding hydrogens is 412 g/mol. The van der Waals surface area contributed by atoms with Crippen molar-refractivity contribution in [1.29, 1.82) is 0 Å². The van der Waals surface area contributed by atoms with Gasteiger partial charge in [-0.25, -0.2) is 0 Å². The van der Waals surface area contributed by atoms with Crippen LogP contribution in [0.1, 0.15) is 27.7 Å². The fourth-order valence-corrected chi connectivity index (χ4v) is 4.91. The van der Waals surface area contributed by atoms with E-state index >= 15 is 0 Å². The summed E-state index contributed by atoms with van der Waals surface area (Å²) in [5.41, 5.74) is 8.64. The van der Waals surface area contributed by atoms with Gasteiger partial charge in [0.15, 0.2) is 0 Å². The summed E-state index contributed by atoms with van der Waals surface area (Å²) in [5.74, 6) is 0.376. The predicted molar refractivity (Wildman–Crippen MR) is 122 cm³/mol. The highest BCUT2D eigenvalue weighted by atomic mass is 32.1. The number of anilines is 1. The molecule has 1 unspecified atom stereocenters. The zero-order valence-electron chi connectivity index (χ0n) is 17.4. The first-order valence-corrected chi connectivity index (χ1v) is 11.0. The molecule has 160 valence electrons. The number of aryl methyl sites for hydroxylation is 1. The van der Waals surface area contributed by atoms with Gasteiger partial charge in [0, 0.05) is 10.4 Å². The molecule has 2 heterocycles. The third-order valence-electron chi connectivity index (χ3n) is 5.25. The number of nitrogens with one attached hydrogen (secondary N) is 1. The monoisotopic (exact) mass is 436 g/mol. The van der Waals surface area contributed by atoms with Crippen molar-refractivity contribution in [3.63, 3.8) is 0 Å². The number of ether oxygens (including phenoxy) is 2. The quantitative estimate of drug-likeness (QED) is 0.599. The number of hydrogen-bond acceptors (Lipinski definition) is 5. The Bertz CT molecular complexity index is 1120. The molecule has 1 atom stereocenters. The Kier molecular flexibility index (Phi) is 5.95. The van der Waals surface area contributed by atoms with Crippen molar-refractivity contribution in [2.45, 2.75) is 20.3 Å². The van der Waals surface area contributed by atoms with Gasteiger partial charge >= 0.3 is 0 Å². The van der Waals surface area contributed by atoms with E-state index in [1.54, 1.807) is 0 Å². The standard InChI is InChI=1S/C24H24N2O4S/c1-3-29-18-9-10-19-16(12-18)11-17(13-30-19)23(28)26-24-21(22(25)27)20(14(2)31-24)15-7-5-4-6-8-15/h4-10,12,17H,3,11,13H2,1-2H3,(H2,25,27)(H,26,28). The van der Waals surface area contributed by atoms with Crippen LogP contribution >= 0.6 is 11.3 Å². The van der Waals surface area contributed by atoms with Crippen LogP contribution in [0.25, 0.3) is 11.1 Å². The smallest absolute Gasteiger partial charge is 0.252 e. The van der Waals surface area contributed by atoms with Crippen molar-refractivity contribution in [3.8, 4) is 22.6 Å². The van der Waals surface area contributed by atoms with Gasteiger partial charge in [-0.2, -0.15) is 0 Å². The zero-order chi connectivity index (χ0) is 22.0. The molecule has 2 amide bonds. The first kappa shape index (κ1) is 20.9. The second-order valence-corrected chi connectivity index (χ2v) is 8.60. The zero-order valence-corrected chi connectivity index (χ0v) is 18.3. The van der Waals surface area contributed by atoms with Gasteiger partial charge in [-0.3, -0.25) is 9.59 Å². The summed E-state index contributed by atoms with van der Waals surface area (Å²) in [6, 6.07) is 15.2. The molecule has 3 aromatic rings. The number of primary amides is 1. The number of amides is 2. The van der Waals surface area contributed by atoms with E-state index in [2.05, 4.69) is 5.32 Å². The van der Waals surface area contributed by atoms with Crippen LogP contribution < -0.4 is 20.5 Å². The number of hydrogen-bond donors (Lipinski definition) is 2. The van der Waals surface area contributed by atoms with Gasteiger partial charge in [-0.1, -0.05) is 30.3 Å². The highest BCUT2D eigenvalue weighted by Crippen LogP contribution is 2.40. The number of thiophene rings is 1. The second kappa shape index (κ2) is 8.81. The molecule has 0 spiro atoms. The first-order valence-electron chi connectivity index (χ1n) is 10.2. The summed E-state index contributed by atoms with van der Waals surface area (Å²) in [4.78, 5) is 26.3. The van der Waals surface area contributed by atoms with Crippen molar-refractivity contribution in [1.82, 2.24) is 0 Å². The molecule has 2 aromatic carbocycles. The molecule has 0 saturated carbocycles. The van der Waals surface area contributed by atoms with Crippen molar-refractivity contribution < 1.29 is 19.1 Å². The second-order valence-electron chi connectivity index (χ2n) is 7.37. The van der Waals surface area contributed by atoms with E-state index in [9.17, 15) is 9.59 Å². The van der Waals surface area contributed by atoms with Gasteiger partial charge in [0.25, 0.3) is 5.91 Å². The van der Waals surface area contributed by atoms with E-state index in [0.717, 1.165) is 33.1 Å². The molecule has 0 fully saturated rings. The van der Waals surface area contributed by atoms with E-state index in [1.807, 2.05) is 62.4 Å². The van der Waals surface area contributed by atoms with E-state index in [0.29, 0.717) is 23.6 Å². The summed E-state index contributed by atoms with van der Waals surface area (Å²) in [6.45, 7) is 4.69. The first-order chi connectivity index (χ1) is 15.0. The van der Waals surface area contributed by atoms with Crippen LogP contribution in [0.15, 0.2) is 48.5 Å². The molecule has 3 N–H and O–H groups in total. The lowest BCUT2D eigenvalue weighted by Crippen LogP contribution is -2.33. The number of nitrogens with two attached hydrogens (primary N) is 1. The summed E-state index contributed by atoms with van der Waals surface area (Å²) < 4.78 is 11.4. The number of rotatable bonds is 6. The average Bonchev–Trinajstić information content (AvgIpc) is 3.09. The lowest BCUT2D eigenvalue weighted by molar-refractivity contribution is -0.121. The van der Waals surface area contributed by atoms with Gasteiger partial charge < -0.3 is 20.5 Å². The highest BCUT2D eigenvalue weighted by Gasteiger charge is 2.29. The van der Waals surface area contributed by atoms with Crippen LogP contribution in [0.3, 0.4) is 0 Å². The third kappa shape index (κ3) is 4.27. The van der Waals surface area contributed by atoms with E-state index < -0.39 is 5.91 Å². The van der Waals surface area contributed by atoms with Crippen molar-refractivity contribution in [2.24, 2.45) is 11.7 Å². The summed E-state index contributed by atoms with van der Waals surface area (Å²) in [6.07, 6.45) is 0.532. The lowest BCUT2D eigenvalue weighted by atomic mass is 9.95. The maximum atomic E-state index is 13.1. The number of carbonyl (C=O) groups is 2. The molecule has 1 aromatic heterocycles. The molecule has 0 aliphatic carbocycles. The maximum Gasteiger partial charge on any atom is 0.252 e. The molecule has 7 heteroatoms. The fourth-order valence-electron chi connectivity index (χ4n) is 3.83. The van der Waals surface area contributed by atoms with E-state index in [4.69, 9.17) is 15.2 Å². The minimum absolute atomic E-state index is 0.198. The Balaban J connectivity index is 1.58. The van der Waals surface area contributed by atoms with Gasteiger partial charge in [0.1, 0.15) is 23.1 Å². The van der Waals surface area contributed by atoms with Crippen molar-refractivity contribution in [3.05, 3.63) is 64.5 Å². The molecule has 1 aliphatic heterocycles. The lowest BCUT2D eigenvalue weighted by Gasteiger charge is -2.25. The van der Waals surface area contributed by atoms with Gasteiger partial charge in [-0.15, -0.1) is 11.3 Å².